The minimum absolute atomic E-state index is 0.0142. The summed E-state index contributed by atoms with van der Waals surface area (Å²) in [6, 6.07) is 14.1. The molecule has 1 aromatic heterocycles. The van der Waals surface area contributed by atoms with Crippen molar-refractivity contribution >= 4 is 17.6 Å². The number of para-hydroxylation sites is 1. The summed E-state index contributed by atoms with van der Waals surface area (Å²) in [7, 11) is 2.01. The van der Waals surface area contributed by atoms with E-state index in [0.717, 1.165) is 29.9 Å². The maximum Gasteiger partial charge on any atom is 0.410 e. The summed E-state index contributed by atoms with van der Waals surface area (Å²) in [5.41, 5.74) is 1.62. The number of rotatable bonds is 3. The summed E-state index contributed by atoms with van der Waals surface area (Å²) in [5, 5.41) is 0. The van der Waals surface area contributed by atoms with E-state index in [1.54, 1.807) is 6.20 Å². The van der Waals surface area contributed by atoms with Crippen LogP contribution in [0.5, 0.6) is 0 Å². The fourth-order valence-corrected chi connectivity index (χ4v) is 3.35. The number of pyridine rings is 1. The Labute approximate surface area is 155 Å². The molecule has 5 heteroatoms. The average molecular weight is 353 g/mol. The van der Waals surface area contributed by atoms with Gasteiger partial charge in [0, 0.05) is 31.0 Å². The quantitative estimate of drug-likeness (QED) is 0.785. The van der Waals surface area contributed by atoms with Crippen molar-refractivity contribution in [3.05, 3.63) is 54.2 Å². The Morgan fingerprint density at radius 2 is 1.92 bits per heavy atom. The van der Waals surface area contributed by atoms with Gasteiger partial charge in [0.1, 0.15) is 11.4 Å². The van der Waals surface area contributed by atoms with Gasteiger partial charge in [0.2, 0.25) is 0 Å². The highest BCUT2D eigenvalue weighted by molar-refractivity contribution is 5.70. The molecule has 1 fully saturated rings. The Kier molecular flexibility index (Phi) is 5.16. The second-order valence-corrected chi connectivity index (χ2v) is 7.64. The van der Waals surface area contributed by atoms with Crippen LogP contribution >= 0.6 is 0 Å². The highest BCUT2D eigenvalue weighted by Gasteiger charge is 2.35. The molecule has 1 atom stereocenters. The number of benzene rings is 1. The summed E-state index contributed by atoms with van der Waals surface area (Å²) in [4.78, 5) is 21.2. The number of hydrogen-bond donors (Lipinski definition) is 0. The standard InChI is InChI=1S/C21H27N3O2/c1-21(2,3)26-20(25)24-15-9-13-18(24)17-12-8-14-22-19(17)23(4)16-10-6-5-7-11-16/h5-8,10-12,14,18H,9,13,15H2,1-4H3/t18-/m0/s1. The van der Waals surface area contributed by atoms with Crippen LogP contribution in [0.3, 0.4) is 0 Å². The molecule has 1 aliphatic heterocycles. The first kappa shape index (κ1) is 18.2. The van der Waals surface area contributed by atoms with Crippen LogP contribution in [-0.2, 0) is 4.74 Å². The Morgan fingerprint density at radius 3 is 2.62 bits per heavy atom. The number of anilines is 2. The molecule has 0 spiro atoms. The number of carbonyl (C=O) groups excluding carboxylic acids is 1. The van der Waals surface area contributed by atoms with Crippen LogP contribution in [0.2, 0.25) is 0 Å². The molecule has 0 radical (unpaired) electrons. The first-order valence-corrected chi connectivity index (χ1v) is 9.10. The molecule has 0 saturated carbocycles. The van der Waals surface area contributed by atoms with E-state index in [-0.39, 0.29) is 12.1 Å². The van der Waals surface area contributed by atoms with Gasteiger partial charge in [0.25, 0.3) is 0 Å². The van der Waals surface area contributed by atoms with Crippen molar-refractivity contribution in [2.45, 2.75) is 45.3 Å². The zero-order chi connectivity index (χ0) is 18.7. The van der Waals surface area contributed by atoms with Crippen LogP contribution in [0.4, 0.5) is 16.3 Å². The maximum atomic E-state index is 12.7. The number of ether oxygens (including phenoxy) is 1. The molecule has 26 heavy (non-hydrogen) atoms. The van der Waals surface area contributed by atoms with Crippen LogP contribution < -0.4 is 4.90 Å². The van der Waals surface area contributed by atoms with Crippen molar-refractivity contribution in [3.8, 4) is 0 Å². The topological polar surface area (TPSA) is 45.7 Å². The molecule has 0 N–H and O–H groups in total. The van der Waals surface area contributed by atoms with E-state index in [9.17, 15) is 4.79 Å². The van der Waals surface area contributed by atoms with Crippen molar-refractivity contribution < 1.29 is 9.53 Å². The number of nitrogens with zero attached hydrogens (tertiary/aromatic N) is 3. The first-order valence-electron chi connectivity index (χ1n) is 9.10. The van der Waals surface area contributed by atoms with E-state index >= 15 is 0 Å². The summed E-state index contributed by atoms with van der Waals surface area (Å²) < 4.78 is 5.61. The van der Waals surface area contributed by atoms with Gasteiger partial charge in [-0.05, 0) is 51.8 Å². The number of aromatic nitrogens is 1. The Hall–Kier alpha value is -2.56. The molecular weight excluding hydrogens is 326 g/mol. The van der Waals surface area contributed by atoms with Crippen LogP contribution in [0, 0.1) is 0 Å². The first-order chi connectivity index (χ1) is 12.4. The molecular formula is C21H27N3O2. The lowest BCUT2D eigenvalue weighted by Gasteiger charge is -2.31. The lowest BCUT2D eigenvalue weighted by molar-refractivity contribution is 0.0224. The Bertz CT molecular complexity index is 755. The van der Waals surface area contributed by atoms with Crippen molar-refractivity contribution in [3.63, 3.8) is 0 Å². The monoisotopic (exact) mass is 353 g/mol. The molecule has 1 amide bonds. The maximum absolute atomic E-state index is 12.7. The normalized spacial score (nSPS) is 17.2. The molecule has 1 saturated heterocycles. The fourth-order valence-electron chi connectivity index (χ4n) is 3.35. The lowest BCUT2D eigenvalue weighted by Crippen LogP contribution is -2.36. The summed E-state index contributed by atoms with van der Waals surface area (Å²) in [5.74, 6) is 0.874. The SMILES string of the molecule is CN(c1ccccc1)c1ncccc1[C@@H]1CCCN1C(=O)OC(C)(C)C. The third kappa shape index (κ3) is 3.98. The van der Waals surface area contributed by atoms with Gasteiger partial charge in [-0.2, -0.15) is 0 Å². The molecule has 1 aromatic carbocycles. The molecule has 0 unspecified atom stereocenters. The predicted octanol–water partition coefficient (Wildman–Crippen LogP) is 4.92. The van der Waals surface area contributed by atoms with E-state index < -0.39 is 5.60 Å². The zero-order valence-electron chi connectivity index (χ0n) is 16.0. The van der Waals surface area contributed by atoms with Gasteiger partial charge in [0.05, 0.1) is 6.04 Å². The average Bonchev–Trinajstić information content (AvgIpc) is 3.10. The minimum Gasteiger partial charge on any atom is -0.444 e. The third-order valence-electron chi connectivity index (χ3n) is 4.52. The van der Waals surface area contributed by atoms with Crippen LogP contribution in [0.25, 0.3) is 0 Å². The van der Waals surface area contributed by atoms with Gasteiger partial charge in [-0.25, -0.2) is 9.78 Å². The number of likely N-dealkylation sites (tertiary alicyclic amines) is 1. The minimum atomic E-state index is -0.497. The van der Waals surface area contributed by atoms with Gasteiger partial charge in [-0.1, -0.05) is 24.3 Å². The molecule has 138 valence electrons. The van der Waals surface area contributed by atoms with Crippen LogP contribution in [0.1, 0.15) is 45.2 Å². The van der Waals surface area contributed by atoms with E-state index in [2.05, 4.69) is 28.1 Å². The van der Waals surface area contributed by atoms with Crippen LogP contribution in [0.15, 0.2) is 48.7 Å². The predicted molar refractivity (Wildman–Crippen MR) is 104 cm³/mol. The molecule has 2 heterocycles. The van der Waals surface area contributed by atoms with Crippen molar-refractivity contribution in [2.75, 3.05) is 18.5 Å². The van der Waals surface area contributed by atoms with E-state index in [4.69, 9.17) is 4.74 Å². The largest absolute Gasteiger partial charge is 0.444 e. The Morgan fingerprint density at radius 1 is 1.19 bits per heavy atom. The highest BCUT2D eigenvalue weighted by atomic mass is 16.6. The molecule has 0 aliphatic carbocycles. The molecule has 0 bridgehead atoms. The van der Waals surface area contributed by atoms with Crippen molar-refractivity contribution in [1.29, 1.82) is 0 Å². The van der Waals surface area contributed by atoms with E-state index in [1.807, 2.05) is 57.0 Å². The van der Waals surface area contributed by atoms with Gasteiger partial charge in [0.15, 0.2) is 0 Å². The second-order valence-electron chi connectivity index (χ2n) is 7.64. The second kappa shape index (κ2) is 7.36. The van der Waals surface area contributed by atoms with Gasteiger partial charge >= 0.3 is 6.09 Å². The molecule has 2 aromatic rings. The van der Waals surface area contributed by atoms with E-state index in [1.165, 1.54) is 0 Å². The molecule has 5 nitrogen and oxygen atoms in total. The summed E-state index contributed by atoms with van der Waals surface area (Å²) in [6.07, 6.45) is 3.43. The lowest BCUT2D eigenvalue weighted by atomic mass is 10.0. The third-order valence-corrected chi connectivity index (χ3v) is 4.52. The van der Waals surface area contributed by atoms with Gasteiger partial charge in [-0.3, -0.25) is 0 Å². The van der Waals surface area contributed by atoms with Crippen LogP contribution in [-0.4, -0.2) is 35.2 Å². The smallest absolute Gasteiger partial charge is 0.410 e. The van der Waals surface area contributed by atoms with Crippen molar-refractivity contribution in [2.24, 2.45) is 0 Å². The summed E-state index contributed by atoms with van der Waals surface area (Å²) in [6.45, 7) is 6.40. The van der Waals surface area contributed by atoms with Gasteiger partial charge in [-0.15, -0.1) is 0 Å². The van der Waals surface area contributed by atoms with Crippen molar-refractivity contribution in [1.82, 2.24) is 9.88 Å². The Balaban J connectivity index is 1.90. The molecule has 3 rings (SSSR count). The fraction of sp³-hybridized carbons (Fsp3) is 0.429. The zero-order valence-corrected chi connectivity index (χ0v) is 16.0. The number of amides is 1. The highest BCUT2D eigenvalue weighted by Crippen LogP contribution is 2.38. The molecule has 1 aliphatic rings. The summed E-state index contributed by atoms with van der Waals surface area (Å²) >= 11 is 0. The number of carbonyl (C=O) groups is 1. The van der Waals surface area contributed by atoms with Gasteiger partial charge < -0.3 is 14.5 Å². The number of hydrogen-bond acceptors (Lipinski definition) is 4. The van der Waals surface area contributed by atoms with E-state index in [0.29, 0.717) is 6.54 Å².